The van der Waals surface area contributed by atoms with Crippen LogP contribution in [-0.2, 0) is 17.6 Å². The highest BCUT2D eigenvalue weighted by Crippen LogP contribution is 2.37. The highest BCUT2D eigenvalue weighted by atomic mass is 32.2. The molecule has 1 aliphatic carbocycles. The third-order valence-corrected chi connectivity index (χ3v) is 5.35. The van der Waals surface area contributed by atoms with Crippen molar-refractivity contribution in [2.24, 2.45) is 11.7 Å². The summed E-state index contributed by atoms with van der Waals surface area (Å²) in [5.41, 5.74) is 6.50. The number of nitrogens with two attached hydrogens (primary N) is 1. The summed E-state index contributed by atoms with van der Waals surface area (Å²) in [5.74, 6) is 1.04. The Labute approximate surface area is 125 Å². The van der Waals surface area contributed by atoms with Crippen molar-refractivity contribution in [2.45, 2.75) is 31.4 Å². The van der Waals surface area contributed by atoms with Crippen molar-refractivity contribution in [3.8, 4) is 10.8 Å². The monoisotopic (exact) mass is 309 g/mol. The summed E-state index contributed by atoms with van der Waals surface area (Å²) >= 11 is 2.90. The first kappa shape index (κ1) is 13.6. The van der Waals surface area contributed by atoms with Gasteiger partial charge in [0.15, 0.2) is 0 Å². The first-order valence-electron chi connectivity index (χ1n) is 6.48. The Kier molecular flexibility index (Phi) is 3.80. The zero-order chi connectivity index (χ0) is 14.1. The van der Waals surface area contributed by atoms with E-state index in [0.29, 0.717) is 11.1 Å². The number of carbonyl (C=O) groups is 1. The van der Waals surface area contributed by atoms with Crippen molar-refractivity contribution in [3.05, 3.63) is 16.5 Å². The lowest BCUT2D eigenvalue weighted by Crippen LogP contribution is -2.12. The quantitative estimate of drug-likeness (QED) is 0.877. The number of carbonyl (C=O) groups excluding carboxylic acids is 1. The van der Waals surface area contributed by atoms with Crippen molar-refractivity contribution < 1.29 is 9.21 Å². The van der Waals surface area contributed by atoms with Crippen LogP contribution in [0.2, 0.25) is 0 Å². The van der Waals surface area contributed by atoms with Gasteiger partial charge in [0, 0.05) is 4.88 Å². The van der Waals surface area contributed by atoms with Crippen LogP contribution >= 0.6 is 23.1 Å². The molecule has 0 saturated carbocycles. The van der Waals surface area contributed by atoms with E-state index < -0.39 is 5.91 Å². The number of thiophene rings is 1. The van der Waals surface area contributed by atoms with E-state index in [4.69, 9.17) is 10.2 Å². The zero-order valence-electron chi connectivity index (χ0n) is 11.1. The lowest BCUT2D eigenvalue weighted by Gasteiger charge is -2.16. The number of hydrogen-bond acceptors (Lipinski definition) is 6. The fourth-order valence-corrected chi connectivity index (χ4v) is 3.94. The van der Waals surface area contributed by atoms with E-state index in [0.717, 1.165) is 23.6 Å². The minimum absolute atomic E-state index is 0.153. The summed E-state index contributed by atoms with van der Waals surface area (Å²) in [4.78, 5) is 13.2. The van der Waals surface area contributed by atoms with Crippen molar-refractivity contribution in [1.82, 2.24) is 10.2 Å². The van der Waals surface area contributed by atoms with Crippen LogP contribution in [0.1, 0.15) is 23.8 Å². The van der Waals surface area contributed by atoms with Gasteiger partial charge in [0.1, 0.15) is 0 Å². The Hall–Kier alpha value is -1.34. The maximum atomic E-state index is 10.7. The molecule has 2 N–H and O–H groups in total. The average molecular weight is 309 g/mol. The van der Waals surface area contributed by atoms with Gasteiger partial charge in [-0.25, -0.2) is 0 Å². The summed E-state index contributed by atoms with van der Waals surface area (Å²) in [7, 11) is 0. The molecule has 20 heavy (non-hydrogen) atoms. The lowest BCUT2D eigenvalue weighted by molar-refractivity contribution is -0.115. The first-order valence-corrected chi connectivity index (χ1v) is 8.28. The second kappa shape index (κ2) is 5.57. The Morgan fingerprint density at radius 2 is 2.45 bits per heavy atom. The van der Waals surface area contributed by atoms with Gasteiger partial charge in [-0.3, -0.25) is 4.79 Å². The normalized spacial score (nSPS) is 17.9. The van der Waals surface area contributed by atoms with Gasteiger partial charge in [-0.1, -0.05) is 18.7 Å². The van der Waals surface area contributed by atoms with Crippen LogP contribution < -0.4 is 5.73 Å². The predicted octanol–water partition coefficient (Wildman–Crippen LogP) is 2.50. The van der Waals surface area contributed by atoms with Crippen LogP contribution in [0.3, 0.4) is 0 Å². The van der Waals surface area contributed by atoms with Crippen molar-refractivity contribution in [1.29, 1.82) is 0 Å². The van der Waals surface area contributed by atoms with Crippen LogP contribution in [-0.4, -0.2) is 21.9 Å². The smallest absolute Gasteiger partial charge is 0.277 e. The van der Waals surface area contributed by atoms with Gasteiger partial charge in [-0.2, -0.15) is 0 Å². The van der Waals surface area contributed by atoms with E-state index >= 15 is 0 Å². The molecule has 0 spiro atoms. The highest BCUT2D eigenvalue weighted by Gasteiger charge is 2.21. The molecule has 0 aromatic carbocycles. The van der Waals surface area contributed by atoms with Gasteiger partial charge in [-0.15, -0.1) is 21.5 Å². The molecular formula is C13H15N3O2S2. The second-order valence-corrected chi connectivity index (χ2v) is 7.10. The standard InChI is InChI=1S/C13H15N3O2S2/c1-7-2-3-9-8(4-7)5-10(20-9)12-15-16-13(18-12)19-6-11(14)17/h5,7H,2-4,6H2,1H3,(H2,14,17)/t7-/m1/s1. The molecule has 0 bridgehead atoms. The number of primary amides is 1. The van der Waals surface area contributed by atoms with Crippen molar-refractivity contribution >= 4 is 29.0 Å². The fourth-order valence-electron chi connectivity index (χ4n) is 2.31. The SMILES string of the molecule is C[C@@H]1CCc2sc(-c3nnc(SCC(N)=O)o3)cc2C1. The zero-order valence-corrected chi connectivity index (χ0v) is 12.7. The molecule has 0 fully saturated rings. The topological polar surface area (TPSA) is 82.0 Å². The minimum Gasteiger partial charge on any atom is -0.410 e. The molecule has 3 rings (SSSR count). The highest BCUT2D eigenvalue weighted by molar-refractivity contribution is 7.99. The van der Waals surface area contributed by atoms with E-state index in [1.807, 2.05) is 0 Å². The molecule has 0 aliphatic heterocycles. The molecule has 1 amide bonds. The van der Waals surface area contributed by atoms with Crippen LogP contribution in [0.4, 0.5) is 0 Å². The number of rotatable bonds is 4. The summed E-state index contributed by atoms with van der Waals surface area (Å²) in [5, 5.41) is 8.37. The lowest BCUT2D eigenvalue weighted by atomic mass is 9.90. The van der Waals surface area contributed by atoms with Crippen molar-refractivity contribution in [3.63, 3.8) is 0 Å². The molecule has 0 radical (unpaired) electrons. The van der Waals surface area contributed by atoms with Gasteiger partial charge in [0.2, 0.25) is 5.91 Å². The molecule has 1 atom stereocenters. The average Bonchev–Trinajstić information content (AvgIpc) is 3.01. The van der Waals surface area contributed by atoms with Gasteiger partial charge in [0.25, 0.3) is 11.1 Å². The third-order valence-electron chi connectivity index (χ3n) is 3.28. The fraction of sp³-hybridized carbons (Fsp3) is 0.462. The Morgan fingerprint density at radius 3 is 3.25 bits per heavy atom. The number of aromatic nitrogens is 2. The molecule has 2 aromatic rings. The molecule has 2 aromatic heterocycles. The molecule has 106 valence electrons. The van der Waals surface area contributed by atoms with Crippen LogP contribution in [0.25, 0.3) is 10.8 Å². The molecule has 7 heteroatoms. The number of fused-ring (bicyclic) bond motifs is 1. The summed E-state index contributed by atoms with van der Waals surface area (Å²) in [6.45, 7) is 2.28. The summed E-state index contributed by atoms with van der Waals surface area (Å²) in [6, 6.07) is 2.16. The molecule has 1 aliphatic rings. The minimum atomic E-state index is -0.393. The van der Waals surface area contributed by atoms with E-state index in [1.54, 1.807) is 11.3 Å². The van der Waals surface area contributed by atoms with Gasteiger partial charge >= 0.3 is 0 Å². The molecular weight excluding hydrogens is 294 g/mol. The Morgan fingerprint density at radius 1 is 1.60 bits per heavy atom. The van der Waals surface area contributed by atoms with Crippen LogP contribution in [0, 0.1) is 5.92 Å². The maximum Gasteiger partial charge on any atom is 0.277 e. The Balaban J connectivity index is 1.78. The number of hydrogen-bond donors (Lipinski definition) is 1. The van der Waals surface area contributed by atoms with Crippen LogP contribution in [0.5, 0.6) is 0 Å². The molecule has 5 nitrogen and oxygen atoms in total. The van der Waals surface area contributed by atoms with E-state index in [9.17, 15) is 4.79 Å². The van der Waals surface area contributed by atoms with Gasteiger partial charge < -0.3 is 10.2 Å². The second-order valence-electron chi connectivity index (χ2n) is 5.04. The number of nitrogens with zero attached hydrogens (tertiary/aromatic N) is 2. The Bertz CT molecular complexity index is 635. The maximum absolute atomic E-state index is 10.7. The van der Waals surface area contributed by atoms with E-state index in [1.165, 1.54) is 28.6 Å². The van der Waals surface area contributed by atoms with E-state index in [2.05, 4.69) is 23.2 Å². The molecule has 2 heterocycles. The van der Waals surface area contributed by atoms with Crippen LogP contribution in [0.15, 0.2) is 15.7 Å². The molecule has 0 saturated heterocycles. The predicted molar refractivity (Wildman–Crippen MR) is 78.7 cm³/mol. The van der Waals surface area contributed by atoms with Gasteiger partial charge in [0.05, 0.1) is 10.6 Å². The summed E-state index contributed by atoms with van der Waals surface area (Å²) in [6.07, 6.45) is 3.51. The third kappa shape index (κ3) is 2.88. The number of amides is 1. The first-order chi connectivity index (χ1) is 9.61. The largest absolute Gasteiger partial charge is 0.410 e. The molecule has 0 unspecified atom stereocenters. The van der Waals surface area contributed by atoms with Crippen molar-refractivity contribution in [2.75, 3.05) is 5.75 Å². The summed E-state index contributed by atoms with van der Waals surface area (Å²) < 4.78 is 5.57. The number of thioether (sulfide) groups is 1. The van der Waals surface area contributed by atoms with Gasteiger partial charge in [-0.05, 0) is 36.8 Å². The van der Waals surface area contributed by atoms with E-state index in [-0.39, 0.29) is 5.75 Å². The number of aryl methyl sites for hydroxylation is 1.